The van der Waals surface area contributed by atoms with Crippen LogP contribution in [0.1, 0.15) is 98.7 Å². The van der Waals surface area contributed by atoms with Crippen LogP contribution in [0.15, 0.2) is 146 Å². The molecule has 4 aromatic carbocycles. The van der Waals surface area contributed by atoms with E-state index in [1.54, 1.807) is 109 Å². The fraction of sp³-hybridized carbons (Fsp3) is 0.538. The largest absolute Gasteiger partial charge is 0.479 e. The van der Waals surface area contributed by atoms with Crippen molar-refractivity contribution in [2.24, 2.45) is 17.8 Å². The third-order valence-corrected chi connectivity index (χ3v) is 21.7. The van der Waals surface area contributed by atoms with Crippen LogP contribution in [0.2, 0.25) is 0 Å². The number of rotatable bonds is 28. The lowest BCUT2D eigenvalue weighted by atomic mass is 9.80. The van der Waals surface area contributed by atoms with Crippen LogP contribution in [0.4, 0.5) is 0 Å². The Labute approximate surface area is 634 Å². The Morgan fingerprint density at radius 2 is 1.11 bits per heavy atom. The molecule has 0 bridgehead atoms. The van der Waals surface area contributed by atoms with E-state index in [9.17, 15) is 75.0 Å². The minimum atomic E-state index is -1.91. The van der Waals surface area contributed by atoms with Gasteiger partial charge in [-0.05, 0) is 81.3 Å². The number of fused-ring (bicyclic) bond motifs is 2. The predicted molar refractivity (Wildman–Crippen MR) is 384 cm³/mol. The van der Waals surface area contributed by atoms with Gasteiger partial charge in [-0.2, -0.15) is 0 Å². The SMILES string of the molecule is CC1O[C@@H](OC2C(n3cc(-c4ccccc4)nn3)CC(C(=O)NCCNC(=O)C3CC(OCc4cc5ccccc5oc4=O)C(O)[C@H](O[C@@H]4OC(CO)[C@H](O)C(OCc5cc6ccccc6oc5=O)C4O)C3)C[C@H]2O[C@@H]2OC(CO)[C@H](O)C(O[C@@H](CC3CCCCC3)C(=O)O)C2OC(=O)c2ccccc2)C(O)C(O)[C@@H]1O. The minimum absolute atomic E-state index is 0.0189. The van der Waals surface area contributed by atoms with Crippen LogP contribution in [0.3, 0.4) is 0 Å². The third kappa shape index (κ3) is 18.8. The van der Waals surface area contributed by atoms with Crippen LogP contribution in [0, 0.1) is 17.8 Å². The van der Waals surface area contributed by atoms with E-state index in [0.717, 1.165) is 19.3 Å². The second-order valence-electron chi connectivity index (χ2n) is 29.2. The molecule has 2 amide bonds. The molecular formula is C78H93N5O28. The second kappa shape index (κ2) is 36.6. The molecule has 111 heavy (non-hydrogen) atoms. The molecule has 6 heterocycles. The maximum Gasteiger partial charge on any atom is 0.341 e. The normalized spacial score (nSPS) is 32.4. The number of hydrogen-bond donors (Lipinski definition) is 12. The molecule has 24 atom stereocenters. The van der Waals surface area contributed by atoms with Crippen molar-refractivity contribution in [1.29, 1.82) is 0 Å². The van der Waals surface area contributed by atoms with E-state index in [1.807, 2.05) is 0 Å². The van der Waals surface area contributed by atoms with Crippen molar-refractivity contribution in [2.45, 2.75) is 219 Å². The molecule has 13 rings (SSSR count). The maximum absolute atomic E-state index is 15.1. The molecule has 33 nitrogen and oxygen atoms in total. The molecule has 0 spiro atoms. The summed E-state index contributed by atoms with van der Waals surface area (Å²) in [7, 11) is 0. The summed E-state index contributed by atoms with van der Waals surface area (Å²) in [4.78, 5) is 83.7. The topological polar surface area (TPSA) is 478 Å². The van der Waals surface area contributed by atoms with E-state index >= 15 is 4.79 Å². The Hall–Kier alpha value is -8.40. The fourth-order valence-electron chi connectivity index (χ4n) is 15.6. The highest BCUT2D eigenvalue weighted by atomic mass is 16.8. The van der Waals surface area contributed by atoms with Crippen LogP contribution in [-0.2, 0) is 75.0 Å². The van der Waals surface area contributed by atoms with E-state index in [4.69, 9.17) is 56.2 Å². The first-order valence-corrected chi connectivity index (χ1v) is 37.5. The molecule has 33 heteroatoms. The molecule has 15 unspecified atom stereocenters. The summed E-state index contributed by atoms with van der Waals surface area (Å²) < 4.78 is 75.4. The monoisotopic (exact) mass is 1550 g/mol. The lowest BCUT2D eigenvalue weighted by Gasteiger charge is -2.48. The smallest absolute Gasteiger partial charge is 0.341 e. The number of benzene rings is 4. The van der Waals surface area contributed by atoms with Gasteiger partial charge in [0.2, 0.25) is 11.8 Å². The number of aliphatic carboxylic acids is 1. The number of amides is 2. The summed E-state index contributed by atoms with van der Waals surface area (Å²) in [5.74, 6) is -5.92. The molecule has 3 saturated heterocycles. The van der Waals surface area contributed by atoms with Gasteiger partial charge in [0.25, 0.3) is 0 Å². The number of carboxylic acids is 1. The van der Waals surface area contributed by atoms with Gasteiger partial charge in [-0.1, -0.05) is 122 Å². The number of aromatic nitrogens is 3. The van der Waals surface area contributed by atoms with Gasteiger partial charge in [0.05, 0.1) is 79.8 Å². The number of ether oxygens (including phenoxy) is 10. The summed E-state index contributed by atoms with van der Waals surface area (Å²) in [6.07, 6.45) is -29.5. The number of carbonyl (C=O) groups excluding carboxylic acids is 3. The van der Waals surface area contributed by atoms with Gasteiger partial charge in [0.15, 0.2) is 31.1 Å². The number of aliphatic hydroxyl groups is 9. The number of nitrogens with zero attached hydrogens (tertiary/aromatic N) is 3. The van der Waals surface area contributed by atoms with Crippen LogP contribution < -0.4 is 21.9 Å². The van der Waals surface area contributed by atoms with Crippen molar-refractivity contribution in [2.75, 3.05) is 26.3 Å². The van der Waals surface area contributed by atoms with Gasteiger partial charge in [0.1, 0.15) is 90.1 Å². The predicted octanol–water partition coefficient (Wildman–Crippen LogP) is 1.82. The lowest BCUT2D eigenvalue weighted by Crippen LogP contribution is -2.64. The standard InChI is InChI=1S/C78H93N5O28/c1-39-59(86)63(90)64(91)76(102-39)111-66-50(83-34-49(81-82-83)41-17-7-3-8-18-41)30-45(33-55(66)107-78-69(110-73(97)42-19-9-4-10-20-42)68(62(89)58(36-85)109-78)103-56(72(95)96)27-40-15-5-2-6-16-40)70(93)79-25-26-80-71(94)46-31-53(100-37-47-28-43-21-11-13-23-51(43)104-74(47)98)60(87)54(32-46)106-77-65(92)67(61(88)57(35-84)108-77)101-38-48-29-44-22-12-14-24-52(44)105-75(48)99/h3-4,7-14,17-24,28-29,34,39-40,45-46,50,53-69,76-78,84-92H,2,5-6,15-16,25-27,30-33,35-38H2,1H3,(H,79,93)(H,80,94)(H,95,96)/t39?,45?,46?,50?,53?,54-,55-,56+,57?,58?,59-,60?,61+,62+,63?,64?,65?,66?,67?,68?,69?,76+,77-,78-/m1/s1. The first-order valence-electron chi connectivity index (χ1n) is 37.5. The lowest BCUT2D eigenvalue weighted by molar-refractivity contribution is -0.348. The minimum Gasteiger partial charge on any atom is -0.479 e. The highest BCUT2D eigenvalue weighted by Gasteiger charge is 2.56. The number of para-hydroxylation sites is 2. The highest BCUT2D eigenvalue weighted by molar-refractivity contribution is 5.89. The molecule has 6 fully saturated rings. The van der Waals surface area contributed by atoms with Crippen LogP contribution in [0.5, 0.6) is 0 Å². The number of carboxylic acid groups (broad SMARTS) is 1. The van der Waals surface area contributed by atoms with Gasteiger partial charge in [0, 0.05) is 41.3 Å². The Bertz CT molecular complexity index is 4390. The van der Waals surface area contributed by atoms with Crippen LogP contribution in [-0.4, -0.2) is 245 Å². The number of aliphatic hydroxyl groups excluding tert-OH is 9. The first-order chi connectivity index (χ1) is 53.6. The van der Waals surface area contributed by atoms with Gasteiger partial charge < -0.3 is 118 Å². The molecule has 3 aliphatic carbocycles. The third-order valence-electron chi connectivity index (χ3n) is 21.7. The molecular weight excluding hydrogens is 1450 g/mol. The molecule has 3 aliphatic heterocycles. The average molecular weight is 1550 g/mol. The maximum atomic E-state index is 15.1. The molecule has 6 aliphatic rings. The van der Waals surface area contributed by atoms with Crippen molar-refractivity contribution in [3.8, 4) is 11.3 Å². The van der Waals surface area contributed by atoms with Crippen molar-refractivity contribution in [3.05, 3.63) is 165 Å². The summed E-state index contributed by atoms with van der Waals surface area (Å²) in [6, 6.07) is 32.1. The Kier molecular flexibility index (Phi) is 26.6. The van der Waals surface area contributed by atoms with Crippen molar-refractivity contribution >= 4 is 45.7 Å². The molecule has 3 saturated carbocycles. The van der Waals surface area contributed by atoms with Gasteiger partial charge >= 0.3 is 23.2 Å². The van der Waals surface area contributed by atoms with E-state index in [-0.39, 0.29) is 67.8 Å². The molecule has 0 radical (unpaired) electrons. The van der Waals surface area contributed by atoms with Crippen molar-refractivity contribution in [1.82, 2.24) is 25.6 Å². The molecule has 598 valence electrons. The number of hydrogen-bond acceptors (Lipinski definition) is 29. The molecule has 3 aromatic heterocycles. The molecule has 12 N–H and O–H groups in total. The Balaban J connectivity index is 0.766. The first kappa shape index (κ1) is 80.6. The highest BCUT2D eigenvalue weighted by Crippen LogP contribution is 2.43. The van der Waals surface area contributed by atoms with Crippen molar-refractivity contribution in [3.63, 3.8) is 0 Å². The number of esters is 1. The van der Waals surface area contributed by atoms with Crippen LogP contribution in [0.25, 0.3) is 33.2 Å². The average Bonchev–Trinajstić information content (AvgIpc) is 1.72. The van der Waals surface area contributed by atoms with Crippen molar-refractivity contribution < 1.29 is 126 Å². The number of nitrogens with one attached hydrogen (secondary N) is 2. The van der Waals surface area contributed by atoms with E-state index in [2.05, 4.69) is 20.9 Å². The Morgan fingerprint density at radius 3 is 1.74 bits per heavy atom. The second-order valence-corrected chi connectivity index (χ2v) is 29.2. The Morgan fingerprint density at radius 1 is 0.559 bits per heavy atom. The summed E-state index contributed by atoms with van der Waals surface area (Å²) in [6.45, 7) is -1.65. The van der Waals surface area contributed by atoms with Gasteiger partial charge in [-0.25, -0.2) is 23.9 Å². The van der Waals surface area contributed by atoms with E-state index in [1.165, 1.54) is 29.8 Å². The van der Waals surface area contributed by atoms with Crippen LogP contribution >= 0.6 is 0 Å². The van der Waals surface area contributed by atoms with Gasteiger partial charge in [-0.15, -0.1) is 5.10 Å². The summed E-state index contributed by atoms with van der Waals surface area (Å²) in [5, 5.41) is 129. The summed E-state index contributed by atoms with van der Waals surface area (Å²) >= 11 is 0. The van der Waals surface area contributed by atoms with E-state index < -0.39 is 208 Å². The number of carbonyl (C=O) groups is 4. The van der Waals surface area contributed by atoms with E-state index in [0.29, 0.717) is 46.0 Å². The molecule has 7 aromatic rings. The zero-order valence-electron chi connectivity index (χ0n) is 60.5. The summed E-state index contributed by atoms with van der Waals surface area (Å²) in [5.41, 5.74) is 0.263. The quantitative estimate of drug-likeness (QED) is 0.0189. The van der Waals surface area contributed by atoms with Gasteiger partial charge in [-0.3, -0.25) is 9.59 Å². The zero-order valence-corrected chi connectivity index (χ0v) is 60.5. The fourth-order valence-corrected chi connectivity index (χ4v) is 15.6. The zero-order chi connectivity index (χ0) is 78.1.